The quantitative estimate of drug-likeness (QED) is 0.819. The van der Waals surface area contributed by atoms with E-state index < -0.39 is 0 Å². The Kier molecular flexibility index (Phi) is 3.14. The van der Waals surface area contributed by atoms with Crippen LogP contribution < -0.4 is 10.2 Å². The molecule has 1 aliphatic rings. The van der Waals surface area contributed by atoms with Crippen molar-refractivity contribution in [2.75, 3.05) is 24.5 Å². The van der Waals surface area contributed by atoms with E-state index >= 15 is 0 Å². The lowest BCUT2D eigenvalue weighted by Crippen LogP contribution is -2.48. The predicted octanol–water partition coefficient (Wildman–Crippen LogP) is 1.93. The first-order valence-electron chi connectivity index (χ1n) is 4.64. The van der Waals surface area contributed by atoms with Gasteiger partial charge in [-0.05, 0) is 18.2 Å². The maximum Gasteiger partial charge on any atom is 0.241 e. The lowest BCUT2D eigenvalue weighted by atomic mass is 10.2. The van der Waals surface area contributed by atoms with Crippen molar-refractivity contribution in [2.24, 2.45) is 0 Å². The van der Waals surface area contributed by atoms with Gasteiger partial charge in [-0.25, -0.2) is 0 Å². The molecule has 1 heterocycles. The van der Waals surface area contributed by atoms with Crippen LogP contribution in [0.25, 0.3) is 0 Å². The zero-order chi connectivity index (χ0) is 10.8. The van der Waals surface area contributed by atoms with Crippen molar-refractivity contribution >= 4 is 34.8 Å². The number of amides is 1. The third-order valence-electron chi connectivity index (χ3n) is 2.29. The Balaban J connectivity index is 2.34. The molecule has 1 fully saturated rings. The van der Waals surface area contributed by atoms with E-state index in [1.165, 1.54) is 0 Å². The second-order valence-electron chi connectivity index (χ2n) is 3.32. The molecule has 5 heteroatoms. The van der Waals surface area contributed by atoms with E-state index in [9.17, 15) is 4.79 Å². The molecule has 0 spiro atoms. The molecule has 0 bridgehead atoms. The highest BCUT2D eigenvalue weighted by Gasteiger charge is 2.21. The summed E-state index contributed by atoms with van der Waals surface area (Å²) in [5.74, 6) is 0.0189. The van der Waals surface area contributed by atoms with Gasteiger partial charge in [0, 0.05) is 18.1 Å². The average molecular weight is 245 g/mol. The van der Waals surface area contributed by atoms with Crippen LogP contribution in [0.4, 0.5) is 5.69 Å². The van der Waals surface area contributed by atoms with Crippen molar-refractivity contribution < 1.29 is 4.79 Å². The first kappa shape index (κ1) is 10.7. The largest absolute Gasteiger partial charge is 0.309 e. The second-order valence-corrected chi connectivity index (χ2v) is 4.16. The van der Waals surface area contributed by atoms with E-state index in [1.807, 2.05) is 0 Å². The summed E-state index contributed by atoms with van der Waals surface area (Å²) < 4.78 is 0. The number of nitrogens with zero attached hydrogens (tertiary/aromatic N) is 1. The topological polar surface area (TPSA) is 32.3 Å². The lowest BCUT2D eigenvalue weighted by molar-refractivity contribution is -0.118. The van der Waals surface area contributed by atoms with Crippen molar-refractivity contribution in [1.82, 2.24) is 5.32 Å². The van der Waals surface area contributed by atoms with Gasteiger partial charge < -0.3 is 10.2 Å². The molecular weight excluding hydrogens is 235 g/mol. The Morgan fingerprint density at radius 2 is 2.13 bits per heavy atom. The number of anilines is 1. The van der Waals surface area contributed by atoms with Gasteiger partial charge in [0.2, 0.25) is 5.91 Å². The van der Waals surface area contributed by atoms with Crippen LogP contribution >= 0.6 is 23.2 Å². The molecule has 1 N–H and O–H groups in total. The van der Waals surface area contributed by atoms with Crippen LogP contribution in [0.15, 0.2) is 18.2 Å². The van der Waals surface area contributed by atoms with E-state index in [0.29, 0.717) is 28.8 Å². The molecule has 1 aromatic carbocycles. The summed E-state index contributed by atoms with van der Waals surface area (Å²) in [6.45, 7) is 1.75. The van der Waals surface area contributed by atoms with Crippen LogP contribution in [0.2, 0.25) is 10.0 Å². The van der Waals surface area contributed by atoms with E-state index in [1.54, 1.807) is 23.1 Å². The number of benzene rings is 1. The fourth-order valence-corrected chi connectivity index (χ4v) is 1.94. The summed E-state index contributed by atoms with van der Waals surface area (Å²) in [4.78, 5) is 13.3. The summed E-state index contributed by atoms with van der Waals surface area (Å²) in [6, 6.07) is 5.13. The van der Waals surface area contributed by atoms with E-state index in [-0.39, 0.29) is 5.91 Å². The van der Waals surface area contributed by atoms with Gasteiger partial charge in [-0.3, -0.25) is 4.79 Å². The molecule has 1 aliphatic heterocycles. The monoisotopic (exact) mass is 244 g/mol. The number of nitrogens with one attached hydrogen (secondary N) is 1. The predicted molar refractivity (Wildman–Crippen MR) is 61.7 cm³/mol. The number of piperazine rings is 1. The van der Waals surface area contributed by atoms with Crippen molar-refractivity contribution in [2.45, 2.75) is 0 Å². The molecule has 80 valence electrons. The van der Waals surface area contributed by atoms with Crippen molar-refractivity contribution in [1.29, 1.82) is 0 Å². The lowest BCUT2D eigenvalue weighted by Gasteiger charge is -2.28. The highest BCUT2D eigenvalue weighted by Crippen LogP contribution is 2.29. The Morgan fingerprint density at radius 3 is 2.87 bits per heavy atom. The summed E-state index contributed by atoms with van der Waals surface area (Å²) in [5.41, 5.74) is 0.690. The number of carbonyl (C=O) groups is 1. The zero-order valence-electron chi connectivity index (χ0n) is 7.96. The Bertz CT molecular complexity index is 395. The summed E-state index contributed by atoms with van der Waals surface area (Å²) in [7, 11) is 0. The molecule has 0 atom stereocenters. The Hall–Kier alpha value is -0.770. The molecule has 1 saturated heterocycles. The molecule has 0 saturated carbocycles. The SMILES string of the molecule is O=C1CNCCN1c1cc(Cl)ccc1Cl. The zero-order valence-corrected chi connectivity index (χ0v) is 9.48. The Morgan fingerprint density at radius 1 is 1.33 bits per heavy atom. The number of rotatable bonds is 1. The molecule has 0 aromatic heterocycles. The van der Waals surface area contributed by atoms with Crippen LogP contribution in [-0.4, -0.2) is 25.5 Å². The van der Waals surface area contributed by atoms with Gasteiger partial charge in [0.25, 0.3) is 0 Å². The highest BCUT2D eigenvalue weighted by molar-refractivity contribution is 6.35. The van der Waals surface area contributed by atoms with Crippen LogP contribution in [0, 0.1) is 0 Å². The van der Waals surface area contributed by atoms with Gasteiger partial charge in [0.1, 0.15) is 0 Å². The maximum atomic E-state index is 11.6. The minimum Gasteiger partial charge on any atom is -0.309 e. The van der Waals surface area contributed by atoms with Gasteiger partial charge in [-0.2, -0.15) is 0 Å². The van der Waals surface area contributed by atoms with Gasteiger partial charge >= 0.3 is 0 Å². The van der Waals surface area contributed by atoms with Crippen molar-refractivity contribution in [3.8, 4) is 0 Å². The summed E-state index contributed by atoms with van der Waals surface area (Å²) in [5, 5.41) is 4.14. The molecule has 0 aliphatic carbocycles. The molecule has 0 unspecified atom stereocenters. The third-order valence-corrected chi connectivity index (χ3v) is 2.84. The van der Waals surface area contributed by atoms with Crippen molar-refractivity contribution in [3.05, 3.63) is 28.2 Å². The first-order valence-corrected chi connectivity index (χ1v) is 5.40. The summed E-state index contributed by atoms with van der Waals surface area (Å²) in [6.07, 6.45) is 0. The number of halogens is 2. The third kappa shape index (κ3) is 2.25. The fraction of sp³-hybridized carbons (Fsp3) is 0.300. The minimum absolute atomic E-state index is 0.0189. The maximum absolute atomic E-state index is 11.6. The molecule has 3 nitrogen and oxygen atoms in total. The van der Waals surface area contributed by atoms with Crippen LogP contribution in [0.5, 0.6) is 0 Å². The van der Waals surface area contributed by atoms with Crippen LogP contribution in [0.3, 0.4) is 0 Å². The molecular formula is C10H10Cl2N2O. The number of hydrogen-bond donors (Lipinski definition) is 1. The van der Waals surface area contributed by atoms with Gasteiger partial charge in [0.05, 0.1) is 17.3 Å². The van der Waals surface area contributed by atoms with Crippen LogP contribution in [-0.2, 0) is 4.79 Å². The smallest absolute Gasteiger partial charge is 0.241 e. The van der Waals surface area contributed by atoms with Crippen LogP contribution in [0.1, 0.15) is 0 Å². The van der Waals surface area contributed by atoms with Gasteiger partial charge in [-0.1, -0.05) is 23.2 Å². The fourth-order valence-electron chi connectivity index (χ4n) is 1.55. The van der Waals surface area contributed by atoms with Gasteiger partial charge in [0.15, 0.2) is 0 Å². The van der Waals surface area contributed by atoms with E-state index in [0.717, 1.165) is 6.54 Å². The minimum atomic E-state index is 0.0189. The molecule has 0 radical (unpaired) electrons. The van der Waals surface area contributed by atoms with E-state index in [4.69, 9.17) is 23.2 Å². The highest BCUT2D eigenvalue weighted by atomic mass is 35.5. The molecule has 2 rings (SSSR count). The number of carbonyl (C=O) groups excluding carboxylic acids is 1. The number of hydrogen-bond acceptors (Lipinski definition) is 2. The Labute approximate surface area is 98.0 Å². The molecule has 15 heavy (non-hydrogen) atoms. The second kappa shape index (κ2) is 4.39. The summed E-state index contributed by atoms with van der Waals surface area (Å²) >= 11 is 11.9. The molecule has 1 aromatic rings. The molecule has 1 amide bonds. The first-order chi connectivity index (χ1) is 7.18. The standard InChI is InChI=1S/C10H10Cl2N2O/c11-7-1-2-8(12)9(5-7)14-4-3-13-6-10(14)15/h1-2,5,13H,3-4,6H2. The van der Waals surface area contributed by atoms with E-state index in [2.05, 4.69) is 5.32 Å². The normalized spacial score (nSPS) is 16.9. The average Bonchev–Trinajstić information content (AvgIpc) is 2.23. The van der Waals surface area contributed by atoms with Gasteiger partial charge in [-0.15, -0.1) is 0 Å². The van der Waals surface area contributed by atoms with Crippen molar-refractivity contribution in [3.63, 3.8) is 0 Å².